The van der Waals surface area contributed by atoms with Crippen LogP contribution >= 0.6 is 0 Å². The number of carbonyl (C=O) groups is 2. The summed E-state index contributed by atoms with van der Waals surface area (Å²) in [5.41, 5.74) is 1.08. The fourth-order valence-electron chi connectivity index (χ4n) is 2.85. The molecule has 1 fully saturated rings. The molecule has 3 amide bonds. The molecule has 0 radical (unpaired) electrons. The zero-order chi connectivity index (χ0) is 17.4. The second-order valence-corrected chi connectivity index (χ2v) is 6.47. The number of piperidine rings is 1. The van der Waals surface area contributed by atoms with Gasteiger partial charge in [-0.2, -0.15) is 0 Å². The van der Waals surface area contributed by atoms with Crippen LogP contribution in [0.5, 0.6) is 0 Å². The lowest BCUT2D eigenvalue weighted by Gasteiger charge is -2.30. The Morgan fingerprint density at radius 3 is 2.75 bits per heavy atom. The Balaban J connectivity index is 1.65. The zero-order valence-electron chi connectivity index (χ0n) is 14.5. The highest BCUT2D eigenvalue weighted by molar-refractivity contribution is 5.78. The quantitative estimate of drug-likeness (QED) is 0.736. The first-order chi connectivity index (χ1) is 11.6. The third-order valence-corrected chi connectivity index (χ3v) is 4.37. The van der Waals surface area contributed by atoms with E-state index in [0.29, 0.717) is 25.4 Å². The lowest BCUT2D eigenvalue weighted by molar-refractivity contribution is -0.122. The van der Waals surface area contributed by atoms with Gasteiger partial charge in [-0.05, 0) is 31.0 Å². The highest BCUT2D eigenvalue weighted by Crippen LogP contribution is 2.10. The van der Waals surface area contributed by atoms with E-state index < -0.39 is 0 Å². The van der Waals surface area contributed by atoms with Crippen LogP contribution in [-0.4, -0.2) is 49.6 Å². The molecular weight excluding hydrogens is 304 g/mol. The van der Waals surface area contributed by atoms with Crippen molar-refractivity contribution in [3.05, 3.63) is 35.9 Å². The number of hydrogen-bond donors (Lipinski definition) is 3. The molecule has 1 heterocycles. The highest BCUT2D eigenvalue weighted by atomic mass is 16.2. The fourth-order valence-corrected chi connectivity index (χ4v) is 2.85. The van der Waals surface area contributed by atoms with Crippen LogP contribution in [0.4, 0.5) is 4.79 Å². The smallest absolute Gasteiger partial charge is 0.317 e. The Morgan fingerprint density at radius 1 is 1.29 bits per heavy atom. The van der Waals surface area contributed by atoms with Gasteiger partial charge in [-0.1, -0.05) is 37.3 Å². The Kier molecular flexibility index (Phi) is 7.06. The van der Waals surface area contributed by atoms with Crippen molar-refractivity contribution < 1.29 is 9.59 Å². The van der Waals surface area contributed by atoms with Gasteiger partial charge in [0.1, 0.15) is 0 Å². The van der Waals surface area contributed by atoms with E-state index in [1.807, 2.05) is 30.3 Å². The molecule has 6 nitrogen and oxygen atoms in total. The van der Waals surface area contributed by atoms with E-state index in [1.54, 1.807) is 11.9 Å². The molecule has 0 saturated carbocycles. The third-order valence-electron chi connectivity index (χ3n) is 4.37. The van der Waals surface area contributed by atoms with Crippen LogP contribution in [0.1, 0.15) is 25.3 Å². The van der Waals surface area contributed by atoms with Crippen molar-refractivity contribution in [2.45, 2.75) is 32.4 Å². The van der Waals surface area contributed by atoms with Crippen molar-refractivity contribution >= 4 is 11.9 Å². The summed E-state index contributed by atoms with van der Waals surface area (Å²) in [5, 5.41) is 9.18. The minimum absolute atomic E-state index is 0.000220. The number of benzene rings is 1. The molecule has 0 aliphatic carbocycles. The van der Waals surface area contributed by atoms with Crippen LogP contribution in [0.3, 0.4) is 0 Å². The molecule has 1 aromatic rings. The van der Waals surface area contributed by atoms with Crippen molar-refractivity contribution in [3.8, 4) is 0 Å². The summed E-state index contributed by atoms with van der Waals surface area (Å²) in [5.74, 6) is 0.439. The maximum atomic E-state index is 12.0. The average molecular weight is 332 g/mol. The topological polar surface area (TPSA) is 73.5 Å². The Labute approximate surface area is 144 Å². The third kappa shape index (κ3) is 5.85. The van der Waals surface area contributed by atoms with Gasteiger partial charge in [-0.15, -0.1) is 0 Å². The number of nitrogens with one attached hydrogen (secondary N) is 3. The molecule has 0 aromatic heterocycles. The summed E-state index contributed by atoms with van der Waals surface area (Å²) in [4.78, 5) is 25.7. The predicted molar refractivity (Wildman–Crippen MR) is 94.5 cm³/mol. The molecule has 24 heavy (non-hydrogen) atoms. The van der Waals surface area contributed by atoms with Gasteiger partial charge in [-0.3, -0.25) is 4.79 Å². The van der Waals surface area contributed by atoms with E-state index in [9.17, 15) is 9.59 Å². The first-order valence-corrected chi connectivity index (χ1v) is 8.59. The summed E-state index contributed by atoms with van der Waals surface area (Å²) in [6.07, 6.45) is 1.26. The first kappa shape index (κ1) is 18.3. The van der Waals surface area contributed by atoms with Gasteiger partial charge in [-0.25, -0.2) is 4.79 Å². The molecular formula is C18H28N4O2. The van der Waals surface area contributed by atoms with E-state index in [2.05, 4.69) is 22.9 Å². The SMILES string of the molecule is CC1CNCCC1NC(=O)CCNC(=O)N(C)Cc1ccccc1. The van der Waals surface area contributed by atoms with Gasteiger partial charge in [0.15, 0.2) is 0 Å². The second-order valence-electron chi connectivity index (χ2n) is 6.47. The minimum atomic E-state index is -0.165. The van der Waals surface area contributed by atoms with Crippen LogP contribution in [0.15, 0.2) is 30.3 Å². The first-order valence-electron chi connectivity index (χ1n) is 8.59. The van der Waals surface area contributed by atoms with E-state index in [-0.39, 0.29) is 18.0 Å². The largest absolute Gasteiger partial charge is 0.353 e. The maximum absolute atomic E-state index is 12.0. The molecule has 2 rings (SSSR count). The highest BCUT2D eigenvalue weighted by Gasteiger charge is 2.22. The average Bonchev–Trinajstić information content (AvgIpc) is 2.57. The van der Waals surface area contributed by atoms with Crippen LogP contribution in [0.25, 0.3) is 0 Å². The van der Waals surface area contributed by atoms with E-state index in [0.717, 1.165) is 25.1 Å². The lowest BCUT2D eigenvalue weighted by Crippen LogP contribution is -2.49. The minimum Gasteiger partial charge on any atom is -0.353 e. The molecule has 1 aliphatic heterocycles. The van der Waals surface area contributed by atoms with Gasteiger partial charge in [0.2, 0.25) is 5.91 Å². The predicted octanol–water partition coefficient (Wildman–Crippen LogP) is 1.33. The molecule has 2 atom stereocenters. The monoisotopic (exact) mass is 332 g/mol. The van der Waals surface area contributed by atoms with Gasteiger partial charge in [0.05, 0.1) is 0 Å². The standard InChI is InChI=1S/C18H28N4O2/c1-14-12-19-10-8-16(14)21-17(23)9-11-20-18(24)22(2)13-15-6-4-3-5-7-15/h3-7,14,16,19H,8-13H2,1-2H3,(H,20,24)(H,21,23). The van der Waals surface area contributed by atoms with Crippen LogP contribution in [0.2, 0.25) is 0 Å². The second kappa shape index (κ2) is 9.27. The van der Waals surface area contributed by atoms with Crippen LogP contribution in [0, 0.1) is 5.92 Å². The molecule has 3 N–H and O–H groups in total. The summed E-state index contributed by atoms with van der Waals surface area (Å²) in [7, 11) is 1.75. The number of amides is 3. The summed E-state index contributed by atoms with van der Waals surface area (Å²) in [6, 6.07) is 9.89. The molecule has 0 spiro atoms. The number of urea groups is 1. The van der Waals surface area contributed by atoms with Crippen molar-refractivity contribution in [3.63, 3.8) is 0 Å². The zero-order valence-corrected chi connectivity index (χ0v) is 14.5. The van der Waals surface area contributed by atoms with Gasteiger partial charge in [0, 0.05) is 32.6 Å². The van der Waals surface area contributed by atoms with Gasteiger partial charge in [0.25, 0.3) is 0 Å². The molecule has 1 aliphatic rings. The van der Waals surface area contributed by atoms with Gasteiger partial charge >= 0.3 is 6.03 Å². The van der Waals surface area contributed by atoms with Crippen LogP contribution < -0.4 is 16.0 Å². The number of hydrogen-bond acceptors (Lipinski definition) is 3. The fraction of sp³-hybridized carbons (Fsp3) is 0.556. The van der Waals surface area contributed by atoms with E-state index in [1.165, 1.54) is 0 Å². The number of carbonyl (C=O) groups excluding carboxylic acids is 2. The molecule has 132 valence electrons. The Bertz CT molecular complexity index is 535. The van der Waals surface area contributed by atoms with Gasteiger partial charge < -0.3 is 20.9 Å². The lowest BCUT2D eigenvalue weighted by atomic mass is 9.95. The van der Waals surface area contributed by atoms with E-state index >= 15 is 0 Å². The van der Waals surface area contributed by atoms with Crippen molar-refractivity contribution in [1.29, 1.82) is 0 Å². The molecule has 2 unspecified atom stereocenters. The molecule has 1 saturated heterocycles. The summed E-state index contributed by atoms with van der Waals surface area (Å²) >= 11 is 0. The van der Waals surface area contributed by atoms with Crippen molar-refractivity contribution in [1.82, 2.24) is 20.9 Å². The summed E-state index contributed by atoms with van der Waals surface area (Å²) < 4.78 is 0. The Hall–Kier alpha value is -2.08. The van der Waals surface area contributed by atoms with Crippen molar-refractivity contribution in [2.24, 2.45) is 5.92 Å². The molecule has 6 heteroatoms. The number of nitrogens with zero attached hydrogens (tertiary/aromatic N) is 1. The molecule has 0 bridgehead atoms. The molecule has 1 aromatic carbocycles. The Morgan fingerprint density at radius 2 is 2.04 bits per heavy atom. The van der Waals surface area contributed by atoms with E-state index in [4.69, 9.17) is 0 Å². The van der Waals surface area contributed by atoms with Crippen LogP contribution in [-0.2, 0) is 11.3 Å². The number of rotatable bonds is 6. The normalized spacial score (nSPS) is 20.2. The summed E-state index contributed by atoms with van der Waals surface area (Å²) in [6.45, 7) is 4.91. The maximum Gasteiger partial charge on any atom is 0.317 e. The van der Waals surface area contributed by atoms with Crippen molar-refractivity contribution in [2.75, 3.05) is 26.7 Å².